The van der Waals surface area contributed by atoms with E-state index < -0.39 is 0 Å². The van der Waals surface area contributed by atoms with Gasteiger partial charge in [0.1, 0.15) is 0 Å². The van der Waals surface area contributed by atoms with Gasteiger partial charge in [-0.1, -0.05) is 50.4 Å². The van der Waals surface area contributed by atoms with Crippen LogP contribution in [0.5, 0.6) is 0 Å². The minimum atomic E-state index is 0. The first kappa shape index (κ1) is 12.3. The van der Waals surface area contributed by atoms with Crippen molar-refractivity contribution in [2.75, 3.05) is 0 Å². The smallest absolute Gasteiger partial charge is 0 e. The van der Waals surface area contributed by atoms with E-state index in [1.54, 1.807) is 0 Å². The molecule has 0 atom stereocenters. The average Bonchev–Trinajstić information content (AvgIpc) is 1.90. The quantitative estimate of drug-likeness (QED) is 0.646. The summed E-state index contributed by atoms with van der Waals surface area (Å²) in [5.41, 5.74) is 1.17. The molecule has 0 aliphatic rings. The minimum Gasteiger partial charge on any atom is -0.0985 e. The van der Waals surface area contributed by atoms with Gasteiger partial charge < -0.3 is 0 Å². The topological polar surface area (TPSA) is 0 Å². The number of hydrogen-bond acceptors (Lipinski definition) is 0. The second-order valence-electron chi connectivity index (χ2n) is 1.61. The molecule has 1 rings (SSSR count). The van der Waals surface area contributed by atoms with Gasteiger partial charge in [0.15, 0.2) is 0 Å². The van der Waals surface area contributed by atoms with Crippen LogP contribution in [0, 0.1) is 0 Å². The molecule has 0 aromatic heterocycles. The monoisotopic (exact) mass is 226 g/mol. The Labute approximate surface area is 76.6 Å². The second-order valence-corrected chi connectivity index (χ2v) is 1.61. The van der Waals surface area contributed by atoms with Crippen molar-refractivity contribution in [1.82, 2.24) is 0 Å². The third-order valence-electron chi connectivity index (χ3n) is 1.04. The fourth-order valence-corrected chi connectivity index (χ4v) is 0.589. The molecular weight excluding hydrogens is 215 g/mol. The molecule has 0 N–H and O–H groups in total. The van der Waals surface area contributed by atoms with E-state index in [0.29, 0.717) is 0 Å². The molecule has 0 amide bonds. The summed E-state index contributed by atoms with van der Waals surface area (Å²) in [7, 11) is 0. The molecule has 0 heterocycles. The van der Waals surface area contributed by atoms with Crippen molar-refractivity contribution in [3.63, 3.8) is 0 Å². The van der Waals surface area contributed by atoms with Gasteiger partial charge in [-0.25, -0.2) is 0 Å². The van der Waals surface area contributed by atoms with Crippen molar-refractivity contribution >= 4 is 6.08 Å². The van der Waals surface area contributed by atoms with Crippen LogP contribution in [0.15, 0.2) is 36.9 Å². The van der Waals surface area contributed by atoms with Gasteiger partial charge in [0.2, 0.25) is 0 Å². The van der Waals surface area contributed by atoms with Gasteiger partial charge in [0.05, 0.1) is 0 Å². The first-order valence-corrected chi connectivity index (χ1v) is 2.61. The fraction of sp³-hybridized carbons (Fsp3) is 0.111. The molecule has 58 valence electrons. The number of hydrogen-bond donors (Lipinski definition) is 0. The Morgan fingerprint density at radius 2 is 1.60 bits per heavy atom. The first-order valence-electron chi connectivity index (χ1n) is 2.61. The zero-order valence-electron chi connectivity index (χ0n) is 4.99. The Morgan fingerprint density at radius 3 is 1.90 bits per heavy atom. The van der Waals surface area contributed by atoms with E-state index in [9.17, 15) is 0 Å². The van der Waals surface area contributed by atoms with Crippen LogP contribution >= 0.6 is 0 Å². The second kappa shape index (κ2) is 6.74. The van der Waals surface area contributed by atoms with Crippen LogP contribution in [0.4, 0.5) is 0 Å². The summed E-state index contributed by atoms with van der Waals surface area (Å²) in [6.07, 6.45) is 1.83. The Kier molecular flexibility index (Phi) is 8.30. The zero-order chi connectivity index (χ0) is 5.82. The maximum atomic E-state index is 3.63. The summed E-state index contributed by atoms with van der Waals surface area (Å²) in [6.45, 7) is 3.63. The summed E-state index contributed by atoms with van der Waals surface area (Å²) in [5, 5.41) is 0. The predicted octanol–water partition coefficient (Wildman–Crippen LogP) is 2.96. The van der Waals surface area contributed by atoms with Crippen molar-refractivity contribution in [1.29, 1.82) is 0 Å². The molecule has 1 aromatic rings. The molecule has 0 radical (unpaired) electrons. The Bertz CT molecular complexity index is 167. The van der Waals surface area contributed by atoms with E-state index in [1.165, 1.54) is 5.56 Å². The van der Waals surface area contributed by atoms with Crippen LogP contribution < -0.4 is 0 Å². The third-order valence-corrected chi connectivity index (χ3v) is 1.04. The molecule has 10 heavy (non-hydrogen) atoms. The van der Waals surface area contributed by atoms with E-state index in [-0.39, 0.29) is 27.8 Å². The van der Waals surface area contributed by atoms with E-state index in [2.05, 4.69) is 6.58 Å². The molecule has 0 nitrogen and oxygen atoms in total. The van der Waals surface area contributed by atoms with Crippen LogP contribution in [0.2, 0.25) is 0 Å². The fourth-order valence-electron chi connectivity index (χ4n) is 0.589. The Balaban J connectivity index is 0. The van der Waals surface area contributed by atoms with Gasteiger partial charge in [-0.05, 0) is 5.56 Å². The Morgan fingerprint density at radius 1 is 1.10 bits per heavy atom. The average molecular weight is 227 g/mol. The summed E-state index contributed by atoms with van der Waals surface area (Å²) in [5.74, 6) is 0. The van der Waals surface area contributed by atoms with Gasteiger partial charge in [-0.3, -0.25) is 0 Å². The molecular formula is C9H12Pd. The van der Waals surface area contributed by atoms with Crippen molar-refractivity contribution in [3.05, 3.63) is 42.5 Å². The standard InChI is InChI=1S/C8H8.CH4.Pd/c1-2-8-6-4-3-5-7-8;;/h2-7H,1H2;1H4;. The van der Waals surface area contributed by atoms with Crippen LogP contribution in [0.1, 0.15) is 13.0 Å². The molecule has 0 aliphatic heterocycles. The maximum Gasteiger partial charge on any atom is 0 e. The van der Waals surface area contributed by atoms with E-state index in [4.69, 9.17) is 0 Å². The number of rotatable bonds is 1. The maximum absolute atomic E-state index is 3.63. The molecule has 0 spiro atoms. The number of benzene rings is 1. The van der Waals surface area contributed by atoms with Gasteiger partial charge >= 0.3 is 0 Å². The molecule has 0 fully saturated rings. The van der Waals surface area contributed by atoms with Gasteiger partial charge in [-0.15, -0.1) is 0 Å². The molecule has 0 unspecified atom stereocenters. The molecule has 1 heteroatoms. The summed E-state index contributed by atoms with van der Waals surface area (Å²) in [6, 6.07) is 10.0. The zero-order valence-corrected chi connectivity index (χ0v) is 6.54. The van der Waals surface area contributed by atoms with Crippen molar-refractivity contribution < 1.29 is 20.4 Å². The molecule has 0 saturated carbocycles. The van der Waals surface area contributed by atoms with Crippen molar-refractivity contribution in [2.45, 2.75) is 7.43 Å². The molecule has 0 saturated heterocycles. The Hall–Kier alpha value is -0.378. The SMILES string of the molecule is C.C=Cc1ccccc1.[Pd]. The molecule has 1 aromatic carbocycles. The summed E-state index contributed by atoms with van der Waals surface area (Å²) < 4.78 is 0. The summed E-state index contributed by atoms with van der Waals surface area (Å²) >= 11 is 0. The van der Waals surface area contributed by atoms with E-state index >= 15 is 0 Å². The van der Waals surface area contributed by atoms with Gasteiger partial charge in [0, 0.05) is 20.4 Å². The van der Waals surface area contributed by atoms with Crippen LogP contribution in [-0.2, 0) is 20.4 Å². The van der Waals surface area contributed by atoms with Crippen LogP contribution in [0.3, 0.4) is 0 Å². The molecule has 0 aliphatic carbocycles. The summed E-state index contributed by atoms with van der Waals surface area (Å²) in [4.78, 5) is 0. The van der Waals surface area contributed by atoms with E-state index in [0.717, 1.165) is 0 Å². The van der Waals surface area contributed by atoms with Crippen molar-refractivity contribution in [3.8, 4) is 0 Å². The normalized spacial score (nSPS) is 6.80. The van der Waals surface area contributed by atoms with Crippen LogP contribution in [-0.4, -0.2) is 0 Å². The van der Waals surface area contributed by atoms with Gasteiger partial charge in [0.25, 0.3) is 0 Å². The first-order chi connectivity index (χ1) is 3.93. The van der Waals surface area contributed by atoms with E-state index in [1.807, 2.05) is 36.4 Å². The molecule has 0 bridgehead atoms. The largest absolute Gasteiger partial charge is 0.0985 e. The third kappa shape index (κ3) is 3.61. The van der Waals surface area contributed by atoms with Crippen molar-refractivity contribution in [2.24, 2.45) is 0 Å². The van der Waals surface area contributed by atoms with Gasteiger partial charge in [-0.2, -0.15) is 0 Å². The van der Waals surface area contributed by atoms with Crippen LogP contribution in [0.25, 0.3) is 6.08 Å². The minimum absolute atomic E-state index is 0. The predicted molar refractivity (Wildman–Crippen MR) is 43.3 cm³/mol.